The molecule has 0 aliphatic heterocycles. The van der Waals surface area contributed by atoms with E-state index in [1.54, 1.807) is 68.1 Å². The molecule has 0 amide bonds. The van der Waals surface area contributed by atoms with Crippen molar-refractivity contribution >= 4 is 22.5 Å². The Bertz CT molecular complexity index is 1570. The van der Waals surface area contributed by atoms with E-state index in [1.807, 2.05) is 23.9 Å². The highest BCUT2D eigenvalue weighted by Crippen LogP contribution is 2.31. The number of aromatic nitrogens is 5. The quantitative estimate of drug-likeness (QED) is 0.358. The van der Waals surface area contributed by atoms with E-state index in [0.29, 0.717) is 32.7 Å². The lowest BCUT2D eigenvalue weighted by atomic mass is 10.0. The van der Waals surface area contributed by atoms with Gasteiger partial charge in [-0.05, 0) is 35.9 Å². The minimum absolute atomic E-state index is 0.205. The fourth-order valence-corrected chi connectivity index (χ4v) is 3.62. The summed E-state index contributed by atoms with van der Waals surface area (Å²) >= 11 is 5.89. The summed E-state index contributed by atoms with van der Waals surface area (Å²) in [7, 11) is 3.56. The number of hydrogen-bond donors (Lipinski definition) is 0. The molecule has 7 nitrogen and oxygen atoms in total. The van der Waals surface area contributed by atoms with E-state index in [1.165, 1.54) is 16.8 Å². The molecule has 5 aromatic rings. The van der Waals surface area contributed by atoms with E-state index in [2.05, 4.69) is 15.0 Å². The number of rotatable bonds is 3. The zero-order valence-electron chi connectivity index (χ0n) is 18.9. The van der Waals surface area contributed by atoms with Crippen LogP contribution in [-0.2, 0) is 14.1 Å². The largest absolute Gasteiger partial charge is 0.341 e. The highest BCUT2D eigenvalue weighted by atomic mass is 35.5. The maximum Gasteiger partial charge on any atom is 0.251 e. The average molecular weight is 487 g/mol. The fraction of sp³-hybridized carbons (Fsp3) is 0.115. The molecule has 1 aromatic carbocycles. The second-order valence-electron chi connectivity index (χ2n) is 7.74. The maximum atomic E-state index is 15.1. The second kappa shape index (κ2) is 10.3. The number of alkyl halides is 1. The minimum atomic E-state index is -1.46. The molecule has 0 fully saturated rings. The molecule has 4 aromatic heterocycles. The van der Waals surface area contributed by atoms with Gasteiger partial charge in [0.2, 0.25) is 0 Å². The molecule has 0 aliphatic carbocycles. The minimum Gasteiger partial charge on any atom is -0.341 e. The van der Waals surface area contributed by atoms with Crippen LogP contribution >= 0.6 is 11.6 Å². The van der Waals surface area contributed by atoms with Crippen LogP contribution in [0.5, 0.6) is 0 Å². The molecule has 0 bridgehead atoms. The zero-order chi connectivity index (χ0) is 24.9. The summed E-state index contributed by atoms with van der Waals surface area (Å²) in [6, 6.07) is 16.5. The molecule has 174 valence electrons. The Balaban J connectivity index is 0.000000421. The number of aryl methyl sites for hydroxylation is 2. The molecule has 0 N–H and O–H groups in total. The lowest BCUT2D eigenvalue weighted by Crippen LogP contribution is -2.17. The van der Waals surface area contributed by atoms with E-state index >= 15 is 4.39 Å². The summed E-state index contributed by atoms with van der Waals surface area (Å²) in [6.07, 6.45) is 5.41. The Morgan fingerprint density at radius 3 is 2.51 bits per heavy atom. The molecule has 4 heterocycles. The molecule has 0 saturated heterocycles. The molecule has 9 heteroatoms. The first kappa shape index (κ1) is 23.8. The summed E-state index contributed by atoms with van der Waals surface area (Å²) in [5, 5.41) is 10.3. The summed E-state index contributed by atoms with van der Waals surface area (Å²) in [5.41, 5.74) is 2.14. The number of nitriles is 1. The van der Waals surface area contributed by atoms with Gasteiger partial charge in [0.05, 0.1) is 29.4 Å². The normalized spacial score (nSPS) is 11.4. The number of benzene rings is 1. The van der Waals surface area contributed by atoms with Crippen LogP contribution < -0.4 is 5.56 Å². The first-order valence-electron chi connectivity index (χ1n) is 10.6. The molecule has 0 saturated carbocycles. The summed E-state index contributed by atoms with van der Waals surface area (Å²) in [4.78, 5) is 24.7. The molecule has 0 aliphatic rings. The predicted octanol–water partition coefficient (Wildman–Crippen LogP) is 5.00. The van der Waals surface area contributed by atoms with Crippen LogP contribution in [0.3, 0.4) is 0 Å². The van der Waals surface area contributed by atoms with Gasteiger partial charge in [0.15, 0.2) is 6.17 Å². The number of halogens is 2. The van der Waals surface area contributed by atoms with Crippen molar-refractivity contribution in [2.75, 3.05) is 0 Å². The van der Waals surface area contributed by atoms with Gasteiger partial charge >= 0.3 is 0 Å². The monoisotopic (exact) mass is 486 g/mol. The first-order valence-corrected chi connectivity index (χ1v) is 10.9. The van der Waals surface area contributed by atoms with Crippen molar-refractivity contribution in [2.24, 2.45) is 14.1 Å². The van der Waals surface area contributed by atoms with E-state index in [0.717, 1.165) is 0 Å². The SMILES string of the molecule is Cn1c(=O)cc(-c2cccc(C#N)n2)c2cc(C(F)c3ccc(Cl)cc3)ncc21.Cn1ccnc1. The third-order valence-electron chi connectivity index (χ3n) is 5.35. The van der Waals surface area contributed by atoms with Crippen LogP contribution in [0.2, 0.25) is 5.02 Å². The van der Waals surface area contributed by atoms with Crippen LogP contribution in [0.1, 0.15) is 23.1 Å². The first-order chi connectivity index (χ1) is 16.9. The molecule has 35 heavy (non-hydrogen) atoms. The second-order valence-corrected chi connectivity index (χ2v) is 8.18. The Morgan fingerprint density at radius 2 is 1.89 bits per heavy atom. The smallest absolute Gasteiger partial charge is 0.251 e. The zero-order valence-corrected chi connectivity index (χ0v) is 19.7. The Morgan fingerprint density at radius 1 is 1.11 bits per heavy atom. The van der Waals surface area contributed by atoms with Crippen molar-refractivity contribution in [1.82, 2.24) is 24.1 Å². The summed E-state index contributed by atoms with van der Waals surface area (Å²) in [5.74, 6) is 0. The van der Waals surface area contributed by atoms with Gasteiger partial charge in [-0.25, -0.2) is 14.4 Å². The van der Waals surface area contributed by atoms with Gasteiger partial charge in [-0.15, -0.1) is 0 Å². The van der Waals surface area contributed by atoms with Crippen LogP contribution in [0.4, 0.5) is 4.39 Å². The molecular weight excluding hydrogens is 467 g/mol. The van der Waals surface area contributed by atoms with Crippen LogP contribution in [-0.4, -0.2) is 24.1 Å². The van der Waals surface area contributed by atoms with Crippen molar-refractivity contribution in [2.45, 2.75) is 6.17 Å². The van der Waals surface area contributed by atoms with Crippen LogP contribution in [0.15, 0.2) is 84.3 Å². The number of nitrogens with zero attached hydrogens (tertiary/aromatic N) is 6. The summed E-state index contributed by atoms with van der Waals surface area (Å²) in [6.45, 7) is 0. The van der Waals surface area contributed by atoms with Gasteiger partial charge in [-0.1, -0.05) is 29.8 Å². The van der Waals surface area contributed by atoms with Crippen molar-refractivity contribution in [3.05, 3.63) is 112 Å². The molecule has 0 spiro atoms. The topological polar surface area (TPSA) is 89.4 Å². The highest BCUT2D eigenvalue weighted by Gasteiger charge is 2.18. The fourth-order valence-electron chi connectivity index (χ4n) is 3.49. The number of hydrogen-bond acceptors (Lipinski definition) is 5. The summed E-state index contributed by atoms with van der Waals surface area (Å²) < 4.78 is 18.5. The third-order valence-corrected chi connectivity index (χ3v) is 5.60. The molecule has 5 rings (SSSR count). The average Bonchev–Trinajstić information content (AvgIpc) is 3.37. The highest BCUT2D eigenvalue weighted by molar-refractivity contribution is 6.30. The lowest BCUT2D eigenvalue weighted by molar-refractivity contribution is 0.394. The van der Waals surface area contributed by atoms with Crippen molar-refractivity contribution in [1.29, 1.82) is 5.26 Å². The van der Waals surface area contributed by atoms with E-state index < -0.39 is 6.17 Å². The van der Waals surface area contributed by atoms with E-state index in [4.69, 9.17) is 16.9 Å². The Labute approximate surface area is 205 Å². The van der Waals surface area contributed by atoms with E-state index in [-0.39, 0.29) is 16.9 Å². The van der Waals surface area contributed by atoms with Gasteiger partial charge in [0.25, 0.3) is 5.56 Å². The van der Waals surface area contributed by atoms with Gasteiger partial charge < -0.3 is 9.13 Å². The molecular formula is C26H20ClFN6O. The number of imidazole rings is 1. The molecule has 1 atom stereocenters. The van der Waals surface area contributed by atoms with E-state index in [9.17, 15) is 4.79 Å². The molecule has 0 radical (unpaired) electrons. The maximum absolute atomic E-state index is 15.1. The Hall–Kier alpha value is -4.35. The van der Waals surface area contributed by atoms with Gasteiger partial charge in [-0.2, -0.15) is 5.26 Å². The van der Waals surface area contributed by atoms with Crippen LogP contribution in [0, 0.1) is 11.3 Å². The Kier molecular flexibility index (Phi) is 6.99. The van der Waals surface area contributed by atoms with Crippen molar-refractivity contribution in [3.63, 3.8) is 0 Å². The van der Waals surface area contributed by atoms with Gasteiger partial charge in [0, 0.05) is 48.5 Å². The van der Waals surface area contributed by atoms with Crippen molar-refractivity contribution < 1.29 is 4.39 Å². The standard InChI is InChI=1S/C22H14ClFN4O.C4H6N2/c1-28-20-12-26-19(22(24)13-5-7-14(23)8-6-13)9-17(20)16(10-21(28)29)18-4-2-3-15(11-25)27-18;1-6-3-2-5-4-6/h2-10,12,22H,1H3;2-4H,1H3. The number of pyridine rings is 3. The third kappa shape index (κ3) is 5.26. The lowest BCUT2D eigenvalue weighted by Gasteiger charge is -2.13. The number of fused-ring (bicyclic) bond motifs is 1. The van der Waals surface area contributed by atoms with Gasteiger partial charge in [-0.3, -0.25) is 9.78 Å². The molecule has 1 unspecified atom stereocenters. The van der Waals surface area contributed by atoms with Gasteiger partial charge in [0.1, 0.15) is 11.8 Å². The predicted molar refractivity (Wildman–Crippen MR) is 133 cm³/mol. The van der Waals surface area contributed by atoms with Crippen molar-refractivity contribution in [3.8, 4) is 17.3 Å². The van der Waals surface area contributed by atoms with Crippen LogP contribution in [0.25, 0.3) is 22.2 Å².